The number of allylic oxidation sites excluding steroid dienone is 1. The number of anilines is 1. The molecule has 0 amide bonds. The Bertz CT molecular complexity index is 1060. The average molecular weight is 528 g/mol. The molecule has 4 fully saturated rings. The van der Waals surface area contributed by atoms with Crippen LogP contribution >= 0.6 is 11.8 Å². The fraction of sp³-hybridized carbons (Fsp3) is 0.742. The number of aliphatic hydroxyl groups is 2. The number of nitrogens with one attached hydrogen (secondary N) is 1. The van der Waals surface area contributed by atoms with Gasteiger partial charge in [0.05, 0.1) is 29.7 Å². The molecule has 0 unspecified atom stereocenters. The maximum Gasteiger partial charge on any atom is 0.171 e. The zero-order valence-corrected chi connectivity index (χ0v) is 23.8. The number of hydrogen-bond acceptors (Lipinski definition) is 6. The Morgan fingerprint density at radius 2 is 1.84 bits per heavy atom. The van der Waals surface area contributed by atoms with Crippen molar-refractivity contribution in [2.45, 2.75) is 106 Å². The standard InChI is InChI=1S/C31H45NO4S/c1-5-32-21-7-6-8-22(17-21)37-31-16-15-30(35-19-27(2,3)20-36-30)18-29(31,34)14-11-23-24-9-10-26(33)28(24,4)13-12-25(23)31/h6-8,12,17,23-24,26,32-34H,5,9-11,13-16,18-20H2,1-4H3/t23-,24-,26-,28-,29+,31-/m0/s1. The first-order valence-electron chi connectivity index (χ1n) is 14.5. The first kappa shape index (κ1) is 26.2. The van der Waals surface area contributed by atoms with Gasteiger partial charge in [0.15, 0.2) is 5.79 Å². The third-order valence-electron chi connectivity index (χ3n) is 10.5. The fourth-order valence-electron chi connectivity index (χ4n) is 8.35. The van der Waals surface area contributed by atoms with Crippen LogP contribution in [0.5, 0.6) is 0 Å². The number of benzene rings is 1. The molecule has 37 heavy (non-hydrogen) atoms. The molecule has 1 spiro atoms. The highest BCUT2D eigenvalue weighted by atomic mass is 32.2. The molecule has 1 heterocycles. The Labute approximate surface area is 226 Å². The summed E-state index contributed by atoms with van der Waals surface area (Å²) in [6.07, 6.45) is 8.94. The first-order valence-corrected chi connectivity index (χ1v) is 15.3. The van der Waals surface area contributed by atoms with Crippen molar-refractivity contribution in [1.82, 2.24) is 0 Å². The number of aliphatic hydroxyl groups excluding tert-OH is 1. The van der Waals surface area contributed by atoms with E-state index in [0.29, 0.717) is 31.5 Å². The second kappa shape index (κ2) is 8.99. The van der Waals surface area contributed by atoms with Crippen molar-refractivity contribution >= 4 is 17.4 Å². The average Bonchev–Trinajstić information content (AvgIpc) is 3.17. The van der Waals surface area contributed by atoms with Crippen LogP contribution in [0.3, 0.4) is 0 Å². The summed E-state index contributed by atoms with van der Waals surface area (Å²) in [5.41, 5.74) is 1.59. The zero-order chi connectivity index (χ0) is 26.1. The molecule has 4 aliphatic carbocycles. The number of rotatable bonds is 4. The van der Waals surface area contributed by atoms with Crippen LogP contribution in [0.4, 0.5) is 5.69 Å². The lowest BCUT2D eigenvalue weighted by Crippen LogP contribution is -2.67. The van der Waals surface area contributed by atoms with Gasteiger partial charge < -0.3 is 25.0 Å². The van der Waals surface area contributed by atoms with E-state index in [2.05, 4.69) is 63.4 Å². The van der Waals surface area contributed by atoms with Crippen LogP contribution < -0.4 is 5.32 Å². The first-order chi connectivity index (χ1) is 17.5. The van der Waals surface area contributed by atoms with Crippen LogP contribution in [0.25, 0.3) is 0 Å². The Morgan fingerprint density at radius 1 is 1.05 bits per heavy atom. The molecule has 3 saturated carbocycles. The number of hydrogen-bond donors (Lipinski definition) is 3. The molecule has 1 saturated heterocycles. The molecule has 0 radical (unpaired) electrons. The van der Waals surface area contributed by atoms with E-state index in [9.17, 15) is 10.2 Å². The van der Waals surface area contributed by atoms with Crippen molar-refractivity contribution in [2.24, 2.45) is 22.7 Å². The summed E-state index contributed by atoms with van der Waals surface area (Å²) in [6.45, 7) is 11.0. The molecule has 1 aromatic rings. The van der Waals surface area contributed by atoms with E-state index in [1.807, 2.05) is 11.8 Å². The predicted molar refractivity (Wildman–Crippen MR) is 149 cm³/mol. The second-order valence-corrected chi connectivity index (χ2v) is 14.9. The van der Waals surface area contributed by atoms with Crippen LogP contribution in [0.15, 0.2) is 40.8 Å². The summed E-state index contributed by atoms with van der Waals surface area (Å²) < 4.78 is 12.5. The van der Waals surface area contributed by atoms with Gasteiger partial charge in [-0.1, -0.05) is 38.5 Å². The van der Waals surface area contributed by atoms with E-state index in [1.54, 1.807) is 0 Å². The molecule has 5 aliphatic rings. The second-order valence-electron chi connectivity index (χ2n) is 13.6. The van der Waals surface area contributed by atoms with E-state index >= 15 is 0 Å². The molecule has 5 nitrogen and oxygen atoms in total. The van der Waals surface area contributed by atoms with E-state index in [0.717, 1.165) is 57.2 Å². The quantitative estimate of drug-likeness (QED) is 0.408. The maximum absolute atomic E-state index is 12.7. The highest BCUT2D eigenvalue weighted by Gasteiger charge is 2.67. The lowest BCUT2D eigenvalue weighted by Gasteiger charge is -2.63. The monoisotopic (exact) mass is 527 g/mol. The third-order valence-corrected chi connectivity index (χ3v) is 12.1. The van der Waals surface area contributed by atoms with Crippen LogP contribution in [0.2, 0.25) is 0 Å². The molecule has 1 aliphatic heterocycles. The minimum Gasteiger partial charge on any atom is -0.393 e. The van der Waals surface area contributed by atoms with Crippen LogP contribution in [-0.4, -0.2) is 52.2 Å². The Balaban J connectivity index is 1.40. The van der Waals surface area contributed by atoms with Crippen LogP contribution in [0.1, 0.15) is 79.1 Å². The van der Waals surface area contributed by atoms with Gasteiger partial charge >= 0.3 is 0 Å². The summed E-state index contributed by atoms with van der Waals surface area (Å²) in [4.78, 5) is 1.20. The van der Waals surface area contributed by atoms with Crippen molar-refractivity contribution in [3.05, 3.63) is 35.9 Å². The van der Waals surface area contributed by atoms with Gasteiger partial charge in [0.1, 0.15) is 0 Å². The van der Waals surface area contributed by atoms with Crippen molar-refractivity contribution in [2.75, 3.05) is 25.1 Å². The SMILES string of the molecule is CCNc1cccc(S[C@]23CCC4(C[C@]2(O)CC[C@@H]2C3=CC[C@]3(C)[C@@H](O)CC[C@@H]23)OCC(C)(C)CO4)c1. The van der Waals surface area contributed by atoms with E-state index in [1.165, 1.54) is 10.5 Å². The van der Waals surface area contributed by atoms with Crippen molar-refractivity contribution < 1.29 is 19.7 Å². The van der Waals surface area contributed by atoms with Gasteiger partial charge in [-0.15, -0.1) is 11.8 Å². The Kier molecular flexibility index (Phi) is 6.36. The minimum atomic E-state index is -0.918. The zero-order valence-electron chi connectivity index (χ0n) is 23.0. The normalized spacial score (nSPS) is 41.9. The smallest absolute Gasteiger partial charge is 0.171 e. The highest BCUT2D eigenvalue weighted by Crippen LogP contribution is 2.68. The Morgan fingerprint density at radius 3 is 2.59 bits per heavy atom. The van der Waals surface area contributed by atoms with Crippen molar-refractivity contribution in [1.29, 1.82) is 0 Å². The van der Waals surface area contributed by atoms with E-state index in [4.69, 9.17) is 9.47 Å². The number of ether oxygens (including phenoxy) is 2. The van der Waals surface area contributed by atoms with Crippen molar-refractivity contribution in [3.63, 3.8) is 0 Å². The van der Waals surface area contributed by atoms with Gasteiger partial charge in [-0.3, -0.25) is 0 Å². The predicted octanol–water partition coefficient (Wildman–Crippen LogP) is 6.15. The molecule has 6 atom stereocenters. The number of thioether (sulfide) groups is 1. The molecule has 0 aromatic heterocycles. The molecular weight excluding hydrogens is 482 g/mol. The van der Waals surface area contributed by atoms with Gasteiger partial charge in [0, 0.05) is 40.8 Å². The summed E-state index contributed by atoms with van der Waals surface area (Å²) in [7, 11) is 0. The maximum atomic E-state index is 12.7. The Hall–Kier alpha value is -1.05. The lowest BCUT2D eigenvalue weighted by atomic mass is 9.52. The summed E-state index contributed by atoms with van der Waals surface area (Å²) in [6, 6.07) is 8.67. The van der Waals surface area contributed by atoms with Gasteiger partial charge in [0.2, 0.25) is 0 Å². The van der Waals surface area contributed by atoms with Crippen LogP contribution in [0, 0.1) is 22.7 Å². The van der Waals surface area contributed by atoms with Gasteiger partial charge in [-0.25, -0.2) is 0 Å². The summed E-state index contributed by atoms with van der Waals surface area (Å²) in [5.74, 6) is 0.207. The molecule has 6 heteroatoms. The van der Waals surface area contributed by atoms with Gasteiger partial charge in [-0.2, -0.15) is 0 Å². The largest absolute Gasteiger partial charge is 0.393 e. The van der Waals surface area contributed by atoms with E-state index in [-0.39, 0.29) is 16.9 Å². The molecule has 0 bridgehead atoms. The summed E-state index contributed by atoms with van der Waals surface area (Å²) >= 11 is 1.87. The van der Waals surface area contributed by atoms with Crippen molar-refractivity contribution in [3.8, 4) is 0 Å². The highest BCUT2D eigenvalue weighted by molar-refractivity contribution is 8.01. The minimum absolute atomic E-state index is 0.00119. The van der Waals surface area contributed by atoms with Gasteiger partial charge in [-0.05, 0) is 75.5 Å². The molecule has 6 rings (SSSR count). The molecule has 3 N–H and O–H groups in total. The van der Waals surface area contributed by atoms with E-state index < -0.39 is 16.1 Å². The van der Waals surface area contributed by atoms with Gasteiger partial charge in [0.25, 0.3) is 0 Å². The molecular formula is C31H45NO4S. The lowest BCUT2D eigenvalue weighted by molar-refractivity contribution is -0.331. The fourth-order valence-corrected chi connectivity index (χ4v) is 10.0. The van der Waals surface area contributed by atoms with Crippen LogP contribution in [-0.2, 0) is 9.47 Å². The molecule has 204 valence electrons. The third kappa shape index (κ3) is 4.12. The molecule has 1 aromatic carbocycles. The summed E-state index contributed by atoms with van der Waals surface area (Å²) in [5, 5.41) is 27.1. The number of fused-ring (bicyclic) bond motifs is 5. The topological polar surface area (TPSA) is 71.0 Å².